The molecule has 1 aromatic carbocycles. The van der Waals surface area contributed by atoms with Gasteiger partial charge in [-0.05, 0) is 43.1 Å². The van der Waals surface area contributed by atoms with Crippen LogP contribution in [-0.2, 0) is 6.54 Å². The van der Waals surface area contributed by atoms with E-state index in [1.807, 2.05) is 6.07 Å². The number of hydrogen-bond acceptors (Lipinski definition) is 4. The quantitative estimate of drug-likeness (QED) is 0.947. The molecule has 0 unspecified atom stereocenters. The molecule has 1 aromatic heterocycles. The lowest BCUT2D eigenvalue weighted by Gasteiger charge is -2.35. The Morgan fingerprint density at radius 3 is 2.82 bits per heavy atom. The molecule has 22 heavy (non-hydrogen) atoms. The van der Waals surface area contributed by atoms with E-state index in [9.17, 15) is 8.78 Å². The molecule has 0 spiro atoms. The molecule has 116 valence electrons. The highest BCUT2D eigenvalue weighted by Crippen LogP contribution is 2.31. The van der Waals surface area contributed by atoms with Gasteiger partial charge in [-0.1, -0.05) is 12.5 Å². The van der Waals surface area contributed by atoms with E-state index in [0.717, 1.165) is 37.1 Å². The molecule has 0 amide bonds. The highest BCUT2D eigenvalue weighted by molar-refractivity contribution is 5.21. The molecule has 0 aliphatic carbocycles. The van der Waals surface area contributed by atoms with Crippen molar-refractivity contribution in [2.24, 2.45) is 0 Å². The van der Waals surface area contributed by atoms with E-state index in [1.165, 1.54) is 12.1 Å². The van der Waals surface area contributed by atoms with E-state index in [2.05, 4.69) is 14.9 Å². The van der Waals surface area contributed by atoms with Crippen molar-refractivity contribution in [3.63, 3.8) is 0 Å². The van der Waals surface area contributed by atoms with Gasteiger partial charge in [-0.25, -0.2) is 18.7 Å². The highest BCUT2D eigenvalue weighted by atomic mass is 19.2. The number of anilines is 1. The maximum atomic E-state index is 13.4. The molecule has 1 saturated heterocycles. The number of nitrogens with two attached hydrogens (primary N) is 1. The molecule has 0 saturated carbocycles. The Morgan fingerprint density at radius 2 is 2.05 bits per heavy atom. The van der Waals surface area contributed by atoms with Crippen molar-refractivity contribution < 1.29 is 8.78 Å². The van der Waals surface area contributed by atoms with Crippen LogP contribution in [0.5, 0.6) is 0 Å². The van der Waals surface area contributed by atoms with Crippen molar-refractivity contribution in [1.29, 1.82) is 0 Å². The maximum absolute atomic E-state index is 13.4. The van der Waals surface area contributed by atoms with Crippen molar-refractivity contribution in [1.82, 2.24) is 14.9 Å². The van der Waals surface area contributed by atoms with Crippen LogP contribution in [0.1, 0.15) is 36.6 Å². The second-order valence-corrected chi connectivity index (χ2v) is 5.57. The third-order valence-electron chi connectivity index (χ3n) is 4.02. The summed E-state index contributed by atoms with van der Waals surface area (Å²) in [6, 6.07) is 6.05. The molecule has 1 fully saturated rings. The topological polar surface area (TPSA) is 55.0 Å². The van der Waals surface area contributed by atoms with Crippen LogP contribution in [0.2, 0.25) is 0 Å². The number of likely N-dealkylation sites (tertiary alicyclic amines) is 1. The van der Waals surface area contributed by atoms with E-state index in [4.69, 9.17) is 5.73 Å². The fraction of sp³-hybridized carbons (Fsp3) is 0.375. The summed E-state index contributed by atoms with van der Waals surface area (Å²) < 4.78 is 26.4. The van der Waals surface area contributed by atoms with E-state index < -0.39 is 11.6 Å². The molecule has 3 rings (SSSR count). The Hall–Kier alpha value is -2.08. The summed E-state index contributed by atoms with van der Waals surface area (Å²) >= 11 is 0. The van der Waals surface area contributed by atoms with Crippen LogP contribution in [-0.4, -0.2) is 21.4 Å². The Kier molecular flexibility index (Phi) is 4.29. The van der Waals surface area contributed by atoms with Crippen LogP contribution in [0.3, 0.4) is 0 Å². The maximum Gasteiger partial charge on any atom is 0.220 e. The van der Waals surface area contributed by atoms with Gasteiger partial charge in [0, 0.05) is 12.7 Å². The Bertz CT molecular complexity index is 662. The summed E-state index contributed by atoms with van der Waals surface area (Å²) in [7, 11) is 0. The number of nitrogens with zero attached hydrogens (tertiary/aromatic N) is 3. The van der Waals surface area contributed by atoms with Crippen LogP contribution in [0, 0.1) is 11.6 Å². The minimum Gasteiger partial charge on any atom is -0.368 e. The molecule has 0 radical (unpaired) electrons. The third kappa shape index (κ3) is 3.22. The molecule has 0 bridgehead atoms. The number of nitrogen functional groups attached to an aromatic ring is 1. The third-order valence-corrected chi connectivity index (χ3v) is 4.02. The fourth-order valence-corrected chi connectivity index (χ4v) is 2.96. The lowest BCUT2D eigenvalue weighted by atomic mass is 9.98. The van der Waals surface area contributed by atoms with Crippen molar-refractivity contribution in [3.8, 4) is 0 Å². The zero-order valence-corrected chi connectivity index (χ0v) is 12.2. The number of piperidine rings is 1. The molecular weight excluding hydrogens is 286 g/mol. The summed E-state index contributed by atoms with van der Waals surface area (Å²) in [6.45, 7) is 1.46. The molecule has 2 N–H and O–H groups in total. The van der Waals surface area contributed by atoms with Crippen molar-refractivity contribution in [2.45, 2.75) is 31.8 Å². The van der Waals surface area contributed by atoms with Crippen molar-refractivity contribution in [2.75, 3.05) is 12.3 Å². The first kappa shape index (κ1) is 14.8. The predicted octanol–water partition coefficient (Wildman–Crippen LogP) is 3.06. The van der Waals surface area contributed by atoms with Crippen molar-refractivity contribution >= 4 is 5.95 Å². The normalized spacial score (nSPS) is 19.3. The number of halogens is 2. The van der Waals surface area contributed by atoms with Gasteiger partial charge in [0.15, 0.2) is 11.6 Å². The lowest BCUT2D eigenvalue weighted by Crippen LogP contribution is -2.33. The second-order valence-electron chi connectivity index (χ2n) is 5.57. The van der Waals surface area contributed by atoms with Crippen LogP contribution in [0.25, 0.3) is 0 Å². The SMILES string of the molecule is Nc1nccc([C@@H]2CCCCN2Cc2ccc(F)c(F)c2)n1. The first-order chi connectivity index (χ1) is 10.6. The zero-order chi connectivity index (χ0) is 15.5. The van der Waals surface area contributed by atoms with Gasteiger partial charge in [0.05, 0.1) is 11.7 Å². The predicted molar refractivity (Wildman–Crippen MR) is 79.8 cm³/mol. The molecule has 6 heteroatoms. The first-order valence-corrected chi connectivity index (χ1v) is 7.40. The van der Waals surface area contributed by atoms with Gasteiger partial charge in [-0.3, -0.25) is 4.90 Å². The van der Waals surface area contributed by atoms with Gasteiger partial charge in [-0.15, -0.1) is 0 Å². The lowest BCUT2D eigenvalue weighted by molar-refractivity contribution is 0.137. The first-order valence-electron chi connectivity index (χ1n) is 7.40. The number of benzene rings is 1. The Balaban J connectivity index is 1.82. The number of aromatic nitrogens is 2. The summed E-state index contributed by atoms with van der Waals surface area (Å²) in [5.41, 5.74) is 7.31. The van der Waals surface area contributed by atoms with Crippen LogP contribution in [0.4, 0.5) is 14.7 Å². The van der Waals surface area contributed by atoms with Crippen LogP contribution >= 0.6 is 0 Å². The van der Waals surface area contributed by atoms with Crippen molar-refractivity contribution in [3.05, 3.63) is 53.4 Å². The van der Waals surface area contributed by atoms with Gasteiger partial charge in [0.25, 0.3) is 0 Å². The smallest absolute Gasteiger partial charge is 0.220 e. The minimum absolute atomic E-state index is 0.132. The number of rotatable bonds is 3. The zero-order valence-electron chi connectivity index (χ0n) is 12.2. The van der Waals surface area contributed by atoms with Gasteiger partial charge in [-0.2, -0.15) is 0 Å². The monoisotopic (exact) mass is 304 g/mol. The van der Waals surface area contributed by atoms with E-state index >= 15 is 0 Å². The molecule has 2 heterocycles. The average Bonchev–Trinajstić information content (AvgIpc) is 2.51. The van der Waals surface area contributed by atoms with Crippen LogP contribution in [0.15, 0.2) is 30.5 Å². The van der Waals surface area contributed by atoms with Gasteiger partial charge in [0.1, 0.15) is 0 Å². The summed E-state index contributed by atoms with van der Waals surface area (Å²) in [5.74, 6) is -1.37. The van der Waals surface area contributed by atoms with E-state index in [1.54, 1.807) is 12.3 Å². The van der Waals surface area contributed by atoms with Gasteiger partial charge < -0.3 is 5.73 Å². The highest BCUT2D eigenvalue weighted by Gasteiger charge is 2.25. The number of hydrogen-bond donors (Lipinski definition) is 1. The Morgan fingerprint density at radius 1 is 1.18 bits per heavy atom. The van der Waals surface area contributed by atoms with E-state index in [0.29, 0.717) is 6.54 Å². The minimum atomic E-state index is -0.817. The molecule has 4 nitrogen and oxygen atoms in total. The molecule has 1 atom stereocenters. The summed E-state index contributed by atoms with van der Waals surface area (Å²) in [5, 5.41) is 0. The second kappa shape index (κ2) is 6.36. The van der Waals surface area contributed by atoms with Crippen LogP contribution < -0.4 is 5.73 Å². The molecule has 2 aromatic rings. The average molecular weight is 304 g/mol. The summed E-state index contributed by atoms with van der Waals surface area (Å²) in [4.78, 5) is 10.5. The molecular formula is C16H18F2N4. The standard InChI is InChI=1S/C16H18F2N4/c17-12-5-4-11(9-13(12)18)10-22-8-2-1-3-15(22)14-6-7-20-16(19)21-14/h4-7,9,15H,1-3,8,10H2,(H2,19,20,21)/t15-/m0/s1. The fourth-order valence-electron chi connectivity index (χ4n) is 2.96. The summed E-state index contributed by atoms with van der Waals surface area (Å²) in [6.07, 6.45) is 4.83. The van der Waals surface area contributed by atoms with Gasteiger partial charge >= 0.3 is 0 Å². The van der Waals surface area contributed by atoms with E-state index in [-0.39, 0.29) is 12.0 Å². The largest absolute Gasteiger partial charge is 0.368 e. The van der Waals surface area contributed by atoms with Gasteiger partial charge in [0.2, 0.25) is 5.95 Å². The Labute approximate surface area is 128 Å². The molecule has 1 aliphatic rings. The molecule has 1 aliphatic heterocycles.